The van der Waals surface area contributed by atoms with E-state index in [0.717, 1.165) is 23.8 Å². The first-order chi connectivity index (χ1) is 7.34. The van der Waals surface area contributed by atoms with Gasteiger partial charge in [-0.25, -0.2) is 0 Å². The van der Waals surface area contributed by atoms with Gasteiger partial charge in [-0.15, -0.1) is 0 Å². The van der Waals surface area contributed by atoms with Crippen LogP contribution in [0, 0.1) is 0 Å². The number of allylic oxidation sites excluding steroid dienone is 1. The molecule has 15 heavy (non-hydrogen) atoms. The number of benzene rings is 1. The van der Waals surface area contributed by atoms with Crippen LogP contribution in [0.4, 0.5) is 0 Å². The molecule has 0 fully saturated rings. The molecule has 2 rings (SSSR count). The summed E-state index contributed by atoms with van der Waals surface area (Å²) >= 11 is 5.81. The van der Waals surface area contributed by atoms with E-state index in [4.69, 9.17) is 11.6 Å². The third kappa shape index (κ3) is 3.03. The van der Waals surface area contributed by atoms with Gasteiger partial charge in [0.15, 0.2) is 0 Å². The van der Waals surface area contributed by atoms with Gasteiger partial charge in [-0.2, -0.15) is 0 Å². The van der Waals surface area contributed by atoms with Crippen molar-refractivity contribution in [3.05, 3.63) is 58.9 Å². The molecule has 1 aliphatic rings. The number of dihydropyridines is 1. The predicted octanol–water partition coefficient (Wildman–Crippen LogP) is 2.43. The lowest BCUT2D eigenvalue weighted by molar-refractivity contribution is 0.808. The second-order valence-electron chi connectivity index (χ2n) is 3.38. The molecular weight excluding hydrogens is 208 g/mol. The molecule has 2 N–H and O–H groups in total. The standard InChI is InChI=1S/C12H13ClN2/c13-11-3-1-10(2-4-11)9-15-12-5-7-14-8-6-12/h1-7,14-15H,8-9H2. The van der Waals surface area contributed by atoms with Gasteiger partial charge in [-0.1, -0.05) is 23.7 Å². The first kappa shape index (κ1) is 10.1. The van der Waals surface area contributed by atoms with Crippen molar-refractivity contribution in [2.75, 3.05) is 6.54 Å². The minimum atomic E-state index is 0.778. The molecule has 0 radical (unpaired) electrons. The van der Waals surface area contributed by atoms with Crippen LogP contribution in [-0.2, 0) is 6.54 Å². The molecule has 1 aliphatic heterocycles. The van der Waals surface area contributed by atoms with Crippen molar-refractivity contribution in [2.24, 2.45) is 0 Å². The Kier molecular flexibility index (Phi) is 3.30. The lowest BCUT2D eigenvalue weighted by Gasteiger charge is -2.11. The molecule has 3 heteroatoms. The van der Waals surface area contributed by atoms with Gasteiger partial charge in [0.25, 0.3) is 0 Å². The number of halogens is 1. The molecule has 1 aromatic carbocycles. The highest BCUT2D eigenvalue weighted by Gasteiger charge is 1.96. The Morgan fingerprint density at radius 2 is 2.07 bits per heavy atom. The molecule has 0 saturated carbocycles. The lowest BCUT2D eigenvalue weighted by atomic mass is 10.2. The number of nitrogens with one attached hydrogen (secondary N) is 2. The van der Waals surface area contributed by atoms with Crippen LogP contribution in [0.1, 0.15) is 5.56 Å². The highest BCUT2D eigenvalue weighted by molar-refractivity contribution is 6.30. The number of hydrogen-bond acceptors (Lipinski definition) is 2. The molecule has 1 aromatic rings. The van der Waals surface area contributed by atoms with Crippen molar-refractivity contribution in [2.45, 2.75) is 6.54 Å². The van der Waals surface area contributed by atoms with Gasteiger partial charge in [-0.3, -0.25) is 0 Å². The van der Waals surface area contributed by atoms with Crippen LogP contribution >= 0.6 is 11.6 Å². The molecule has 0 aromatic heterocycles. The number of hydrogen-bond donors (Lipinski definition) is 2. The van der Waals surface area contributed by atoms with Gasteiger partial charge in [-0.05, 0) is 36.0 Å². The summed E-state index contributed by atoms with van der Waals surface area (Å²) in [7, 11) is 0. The van der Waals surface area contributed by atoms with E-state index in [0.29, 0.717) is 0 Å². The zero-order valence-electron chi connectivity index (χ0n) is 8.33. The summed E-state index contributed by atoms with van der Waals surface area (Å²) in [4.78, 5) is 0. The normalized spacial score (nSPS) is 14.3. The largest absolute Gasteiger partial charge is 0.387 e. The topological polar surface area (TPSA) is 24.1 Å². The maximum Gasteiger partial charge on any atom is 0.0406 e. The maximum atomic E-state index is 5.81. The monoisotopic (exact) mass is 220 g/mol. The van der Waals surface area contributed by atoms with Crippen molar-refractivity contribution < 1.29 is 0 Å². The third-order valence-electron chi connectivity index (χ3n) is 2.23. The Bertz CT molecular complexity index is 379. The molecule has 0 aliphatic carbocycles. The average molecular weight is 221 g/mol. The summed E-state index contributed by atoms with van der Waals surface area (Å²) in [5.74, 6) is 0. The molecule has 0 saturated heterocycles. The Hall–Kier alpha value is -1.41. The van der Waals surface area contributed by atoms with Gasteiger partial charge < -0.3 is 10.6 Å². The highest BCUT2D eigenvalue weighted by atomic mass is 35.5. The summed E-state index contributed by atoms with van der Waals surface area (Å²) in [6, 6.07) is 7.87. The van der Waals surface area contributed by atoms with E-state index in [1.165, 1.54) is 5.56 Å². The fraction of sp³-hybridized carbons (Fsp3) is 0.167. The van der Waals surface area contributed by atoms with Crippen LogP contribution in [0.2, 0.25) is 5.02 Å². The number of rotatable bonds is 3. The molecule has 0 spiro atoms. The van der Waals surface area contributed by atoms with E-state index < -0.39 is 0 Å². The van der Waals surface area contributed by atoms with Gasteiger partial charge in [0, 0.05) is 23.8 Å². The molecule has 1 heterocycles. The fourth-order valence-electron chi connectivity index (χ4n) is 1.39. The average Bonchev–Trinajstić information content (AvgIpc) is 2.30. The Morgan fingerprint density at radius 3 is 2.73 bits per heavy atom. The van der Waals surface area contributed by atoms with Gasteiger partial charge >= 0.3 is 0 Å². The first-order valence-electron chi connectivity index (χ1n) is 4.93. The smallest absolute Gasteiger partial charge is 0.0406 e. The van der Waals surface area contributed by atoms with Gasteiger partial charge in [0.1, 0.15) is 0 Å². The van der Waals surface area contributed by atoms with Crippen LogP contribution in [0.25, 0.3) is 0 Å². The SMILES string of the molecule is Clc1ccc(CNC2=CCNC=C2)cc1. The molecule has 78 valence electrons. The van der Waals surface area contributed by atoms with Crippen LogP contribution < -0.4 is 10.6 Å². The Balaban J connectivity index is 1.90. The lowest BCUT2D eigenvalue weighted by Crippen LogP contribution is -2.17. The van der Waals surface area contributed by atoms with Crippen LogP contribution in [0.15, 0.2) is 48.3 Å². The van der Waals surface area contributed by atoms with Gasteiger partial charge in [0.2, 0.25) is 0 Å². The molecule has 0 bridgehead atoms. The molecule has 0 atom stereocenters. The van der Waals surface area contributed by atoms with Crippen molar-refractivity contribution in [3.63, 3.8) is 0 Å². The molecule has 0 unspecified atom stereocenters. The summed E-state index contributed by atoms with van der Waals surface area (Å²) in [5, 5.41) is 7.23. The summed E-state index contributed by atoms with van der Waals surface area (Å²) in [5.41, 5.74) is 2.39. The first-order valence-corrected chi connectivity index (χ1v) is 5.31. The van der Waals surface area contributed by atoms with Crippen molar-refractivity contribution in [3.8, 4) is 0 Å². The predicted molar refractivity (Wildman–Crippen MR) is 63.5 cm³/mol. The van der Waals surface area contributed by atoms with E-state index >= 15 is 0 Å². The minimum absolute atomic E-state index is 0.778. The molecule has 2 nitrogen and oxygen atoms in total. The van der Waals surface area contributed by atoms with E-state index in [-0.39, 0.29) is 0 Å². The molecular formula is C12H13ClN2. The van der Waals surface area contributed by atoms with Crippen LogP contribution in [-0.4, -0.2) is 6.54 Å². The summed E-state index contributed by atoms with van der Waals surface area (Å²) in [6.45, 7) is 1.72. The van der Waals surface area contributed by atoms with Crippen molar-refractivity contribution >= 4 is 11.6 Å². The van der Waals surface area contributed by atoms with Gasteiger partial charge in [0.05, 0.1) is 0 Å². The van der Waals surface area contributed by atoms with Crippen molar-refractivity contribution in [1.29, 1.82) is 0 Å². The second-order valence-corrected chi connectivity index (χ2v) is 3.82. The van der Waals surface area contributed by atoms with E-state index in [1.54, 1.807) is 0 Å². The molecule has 0 amide bonds. The van der Waals surface area contributed by atoms with Crippen LogP contribution in [0.5, 0.6) is 0 Å². The Labute approximate surface area is 94.6 Å². The minimum Gasteiger partial charge on any atom is -0.387 e. The van der Waals surface area contributed by atoms with E-state index in [2.05, 4.69) is 16.7 Å². The summed E-state index contributed by atoms with van der Waals surface area (Å²) < 4.78 is 0. The van der Waals surface area contributed by atoms with E-state index in [1.807, 2.05) is 36.5 Å². The summed E-state index contributed by atoms with van der Waals surface area (Å²) in [6.07, 6.45) is 6.10. The maximum absolute atomic E-state index is 5.81. The zero-order chi connectivity index (χ0) is 10.5. The van der Waals surface area contributed by atoms with Crippen molar-refractivity contribution in [1.82, 2.24) is 10.6 Å². The third-order valence-corrected chi connectivity index (χ3v) is 2.48. The fourth-order valence-corrected chi connectivity index (χ4v) is 1.52. The van der Waals surface area contributed by atoms with E-state index in [9.17, 15) is 0 Å². The quantitative estimate of drug-likeness (QED) is 0.818. The zero-order valence-corrected chi connectivity index (χ0v) is 9.09. The highest BCUT2D eigenvalue weighted by Crippen LogP contribution is 2.09. The second kappa shape index (κ2) is 4.89. The van der Waals surface area contributed by atoms with Crippen LogP contribution in [0.3, 0.4) is 0 Å². The Morgan fingerprint density at radius 1 is 1.27 bits per heavy atom.